The fourth-order valence-electron chi connectivity index (χ4n) is 3.71. The molecule has 4 rings (SSSR count). The Bertz CT molecular complexity index is 1200. The molecule has 0 unspecified atom stereocenters. The zero-order valence-corrected chi connectivity index (χ0v) is 19.8. The van der Waals surface area contributed by atoms with Crippen LogP contribution in [0.5, 0.6) is 5.75 Å². The van der Waals surface area contributed by atoms with E-state index in [1.807, 2.05) is 12.1 Å². The number of ether oxygens (including phenoxy) is 1. The lowest BCUT2D eigenvalue weighted by atomic mass is 10.2. The summed E-state index contributed by atoms with van der Waals surface area (Å²) in [5, 5.41) is 7.75. The van der Waals surface area contributed by atoms with Crippen LogP contribution in [-0.4, -0.2) is 63.7 Å². The Hall–Kier alpha value is -2.92. The summed E-state index contributed by atoms with van der Waals surface area (Å²) in [5.74, 6) is 0.591. The lowest BCUT2D eigenvalue weighted by molar-refractivity contribution is -0.141. The van der Waals surface area contributed by atoms with E-state index in [-0.39, 0.29) is 18.3 Å². The summed E-state index contributed by atoms with van der Waals surface area (Å²) in [4.78, 5) is 16.7. The predicted molar refractivity (Wildman–Crippen MR) is 121 cm³/mol. The van der Waals surface area contributed by atoms with Gasteiger partial charge in [-0.3, -0.25) is 9.48 Å². The number of carbonyl (C=O) groups excluding carboxylic acids is 1. The summed E-state index contributed by atoms with van der Waals surface area (Å²) in [6.45, 7) is 3.96. The van der Waals surface area contributed by atoms with Gasteiger partial charge in [0.15, 0.2) is 11.5 Å². The number of benzene rings is 1. The number of aryl methyl sites for hydroxylation is 1. The van der Waals surface area contributed by atoms with Crippen LogP contribution in [0.15, 0.2) is 30.5 Å². The van der Waals surface area contributed by atoms with Gasteiger partial charge in [-0.1, -0.05) is 23.2 Å². The van der Waals surface area contributed by atoms with Crippen LogP contribution >= 0.6 is 23.2 Å². The smallest absolute Gasteiger partial charge is 0.436 e. The molecule has 1 aliphatic heterocycles. The van der Waals surface area contributed by atoms with Crippen molar-refractivity contribution in [2.24, 2.45) is 0 Å². The number of hydrogen-bond donors (Lipinski definition) is 0. The summed E-state index contributed by atoms with van der Waals surface area (Å²) in [5.41, 5.74) is 0.376. The topological polar surface area (TPSA) is 68.4 Å². The van der Waals surface area contributed by atoms with Crippen molar-refractivity contribution in [3.63, 3.8) is 0 Å². The monoisotopic (exact) mass is 516 g/mol. The summed E-state index contributed by atoms with van der Waals surface area (Å²) < 4.78 is 46.6. The standard InChI is InChI=1S/C21H21Cl2F3N6O2/c1-13-9-18(32-11-16(23)20(28-32)21(24,25)26)27-31(13)12-19(33)30-7-5-29(6-8-30)14-3-4-15(22)17(10-14)34-2/h3-4,9-11H,5-8,12H2,1-2H3. The number of rotatable bonds is 5. The normalized spacial score (nSPS) is 14.6. The molecule has 0 spiro atoms. The first-order valence-corrected chi connectivity index (χ1v) is 11.1. The number of carbonyl (C=O) groups is 1. The molecule has 0 saturated carbocycles. The van der Waals surface area contributed by atoms with Crippen LogP contribution in [0.1, 0.15) is 11.4 Å². The fourth-order valence-corrected chi connectivity index (χ4v) is 4.15. The van der Waals surface area contributed by atoms with Crippen molar-refractivity contribution in [1.82, 2.24) is 24.5 Å². The van der Waals surface area contributed by atoms with Crippen LogP contribution in [0.3, 0.4) is 0 Å². The molecule has 0 atom stereocenters. The molecule has 2 aromatic heterocycles. The van der Waals surface area contributed by atoms with E-state index >= 15 is 0 Å². The molecule has 1 fully saturated rings. The Morgan fingerprint density at radius 3 is 2.41 bits per heavy atom. The number of aromatic nitrogens is 4. The fraction of sp³-hybridized carbons (Fsp3) is 0.381. The van der Waals surface area contributed by atoms with Gasteiger partial charge >= 0.3 is 6.18 Å². The van der Waals surface area contributed by atoms with Crippen LogP contribution in [0, 0.1) is 6.92 Å². The number of anilines is 1. The van der Waals surface area contributed by atoms with Crippen molar-refractivity contribution in [2.45, 2.75) is 19.6 Å². The van der Waals surface area contributed by atoms with Crippen molar-refractivity contribution in [3.8, 4) is 11.6 Å². The van der Waals surface area contributed by atoms with E-state index in [1.165, 1.54) is 4.68 Å². The molecule has 1 amide bonds. The van der Waals surface area contributed by atoms with Crippen LogP contribution in [0.2, 0.25) is 10.0 Å². The maximum atomic E-state index is 13.0. The SMILES string of the molecule is COc1cc(N2CCN(C(=O)Cn3nc(-n4cc(Cl)c(C(F)(F)F)n4)cc3C)CC2)ccc1Cl. The van der Waals surface area contributed by atoms with Gasteiger partial charge in [-0.2, -0.15) is 23.4 Å². The van der Waals surface area contributed by atoms with Gasteiger partial charge in [0.05, 0.1) is 23.4 Å². The average Bonchev–Trinajstić information content (AvgIpc) is 3.36. The minimum Gasteiger partial charge on any atom is -0.495 e. The van der Waals surface area contributed by atoms with E-state index in [9.17, 15) is 18.0 Å². The molecule has 0 aliphatic carbocycles. The molecule has 1 aromatic carbocycles. The van der Waals surface area contributed by atoms with Crippen molar-refractivity contribution in [2.75, 3.05) is 38.2 Å². The van der Waals surface area contributed by atoms with Gasteiger partial charge in [0.25, 0.3) is 0 Å². The highest BCUT2D eigenvalue weighted by molar-refractivity contribution is 6.32. The number of hydrogen-bond acceptors (Lipinski definition) is 5. The first kappa shape index (κ1) is 24.2. The summed E-state index contributed by atoms with van der Waals surface area (Å²) in [7, 11) is 1.56. The van der Waals surface area contributed by atoms with Crippen LogP contribution < -0.4 is 9.64 Å². The van der Waals surface area contributed by atoms with E-state index in [1.54, 1.807) is 31.1 Å². The molecule has 13 heteroatoms. The summed E-state index contributed by atoms with van der Waals surface area (Å²) >= 11 is 11.8. The number of halogens is 5. The number of nitrogens with zero attached hydrogens (tertiary/aromatic N) is 6. The van der Waals surface area contributed by atoms with Crippen molar-refractivity contribution < 1.29 is 22.7 Å². The minimum absolute atomic E-state index is 0.0400. The number of amides is 1. The molecule has 1 aliphatic rings. The third-order valence-corrected chi connectivity index (χ3v) is 6.15. The third-order valence-electron chi connectivity index (χ3n) is 5.56. The highest BCUT2D eigenvalue weighted by Gasteiger charge is 2.37. The molecule has 3 heterocycles. The lowest BCUT2D eigenvalue weighted by Crippen LogP contribution is -2.49. The van der Waals surface area contributed by atoms with E-state index in [0.29, 0.717) is 42.6 Å². The van der Waals surface area contributed by atoms with Crippen molar-refractivity contribution in [3.05, 3.63) is 51.9 Å². The summed E-state index contributed by atoms with van der Waals surface area (Å²) in [6, 6.07) is 7.08. The molecule has 0 radical (unpaired) electrons. The van der Waals surface area contributed by atoms with Gasteiger partial charge in [-0.05, 0) is 19.1 Å². The highest BCUT2D eigenvalue weighted by atomic mass is 35.5. The molecule has 0 bridgehead atoms. The molecule has 8 nitrogen and oxygen atoms in total. The van der Waals surface area contributed by atoms with E-state index in [0.717, 1.165) is 16.6 Å². The summed E-state index contributed by atoms with van der Waals surface area (Å²) in [6.07, 6.45) is -3.63. The minimum atomic E-state index is -4.67. The van der Waals surface area contributed by atoms with Gasteiger partial charge < -0.3 is 14.5 Å². The number of alkyl halides is 3. The molecule has 0 N–H and O–H groups in total. The second-order valence-corrected chi connectivity index (χ2v) is 8.57. The second kappa shape index (κ2) is 9.38. The zero-order chi connectivity index (χ0) is 24.6. The Balaban J connectivity index is 1.40. The van der Waals surface area contributed by atoms with Crippen molar-refractivity contribution >= 4 is 34.8 Å². The Morgan fingerprint density at radius 1 is 1.09 bits per heavy atom. The molecule has 34 heavy (non-hydrogen) atoms. The number of methoxy groups -OCH3 is 1. The second-order valence-electron chi connectivity index (χ2n) is 7.76. The Kier molecular flexibility index (Phi) is 6.68. The van der Waals surface area contributed by atoms with Gasteiger partial charge in [-0.15, -0.1) is 0 Å². The zero-order valence-electron chi connectivity index (χ0n) is 18.3. The third kappa shape index (κ3) is 4.95. The van der Waals surface area contributed by atoms with Crippen LogP contribution in [0.25, 0.3) is 5.82 Å². The van der Waals surface area contributed by atoms with Crippen molar-refractivity contribution in [1.29, 1.82) is 0 Å². The van der Waals surface area contributed by atoms with Gasteiger partial charge in [0, 0.05) is 49.7 Å². The molecular weight excluding hydrogens is 496 g/mol. The van der Waals surface area contributed by atoms with Crippen LogP contribution in [-0.2, 0) is 17.5 Å². The molecule has 182 valence electrons. The van der Waals surface area contributed by atoms with Gasteiger partial charge in [0.2, 0.25) is 5.91 Å². The first-order valence-electron chi connectivity index (χ1n) is 10.3. The maximum Gasteiger partial charge on any atom is 0.436 e. The number of piperazine rings is 1. The van der Waals surface area contributed by atoms with Crippen LogP contribution in [0.4, 0.5) is 18.9 Å². The Morgan fingerprint density at radius 2 is 1.79 bits per heavy atom. The quantitative estimate of drug-likeness (QED) is 0.511. The largest absolute Gasteiger partial charge is 0.495 e. The molecule has 1 saturated heterocycles. The van der Waals surface area contributed by atoms with Gasteiger partial charge in [0.1, 0.15) is 12.3 Å². The predicted octanol–water partition coefficient (Wildman–Crippen LogP) is 4.06. The Labute approximate surface area is 203 Å². The molecule has 3 aromatic rings. The van der Waals surface area contributed by atoms with E-state index < -0.39 is 16.9 Å². The maximum absolute atomic E-state index is 13.0. The first-order chi connectivity index (χ1) is 16.1. The van der Waals surface area contributed by atoms with E-state index in [4.69, 9.17) is 27.9 Å². The van der Waals surface area contributed by atoms with Gasteiger partial charge in [-0.25, -0.2) is 4.68 Å². The molecular formula is C21H21Cl2F3N6O2. The average molecular weight is 517 g/mol. The van der Waals surface area contributed by atoms with E-state index in [2.05, 4.69) is 15.1 Å². The highest BCUT2D eigenvalue weighted by Crippen LogP contribution is 2.34. The lowest BCUT2D eigenvalue weighted by Gasteiger charge is -2.36.